The molecule has 1 aliphatic rings. The number of ether oxygens (including phenoxy) is 2. The van der Waals surface area contributed by atoms with E-state index < -0.39 is 0 Å². The van der Waals surface area contributed by atoms with Gasteiger partial charge in [0.2, 0.25) is 0 Å². The quantitative estimate of drug-likeness (QED) is 0.248. The molecular formula is C22H34O2. The Balaban J connectivity index is 1.56. The fraction of sp³-hybridized carbons (Fsp3) is 0.636. The number of rotatable bonds is 13. The van der Waals surface area contributed by atoms with Gasteiger partial charge in [0.15, 0.2) is 0 Å². The third-order valence-electron chi connectivity index (χ3n) is 4.61. The molecule has 2 rings (SSSR count). The van der Waals surface area contributed by atoms with Gasteiger partial charge in [-0.15, -0.1) is 0 Å². The van der Waals surface area contributed by atoms with E-state index in [0.29, 0.717) is 6.61 Å². The zero-order valence-corrected chi connectivity index (χ0v) is 15.6. The molecule has 24 heavy (non-hydrogen) atoms. The van der Waals surface area contributed by atoms with Crippen molar-refractivity contribution in [1.29, 1.82) is 0 Å². The summed E-state index contributed by atoms with van der Waals surface area (Å²) in [7, 11) is 0. The third kappa shape index (κ3) is 7.53. The highest BCUT2D eigenvalue weighted by atomic mass is 16.6. The summed E-state index contributed by atoms with van der Waals surface area (Å²) in [6, 6.07) is 8.46. The number of hydrogen-bond acceptors (Lipinski definition) is 2. The molecule has 1 aromatic carbocycles. The van der Waals surface area contributed by atoms with E-state index in [-0.39, 0.29) is 5.60 Å². The van der Waals surface area contributed by atoms with Crippen LogP contribution in [0.5, 0.6) is 5.75 Å². The first-order valence-electron chi connectivity index (χ1n) is 9.73. The average molecular weight is 331 g/mol. The van der Waals surface area contributed by atoms with Gasteiger partial charge in [0.1, 0.15) is 18.0 Å². The first-order valence-corrected chi connectivity index (χ1v) is 9.73. The predicted molar refractivity (Wildman–Crippen MR) is 102 cm³/mol. The monoisotopic (exact) mass is 330 g/mol. The molecule has 0 N–H and O–H groups in total. The van der Waals surface area contributed by atoms with Crippen molar-refractivity contribution in [3.63, 3.8) is 0 Å². The first-order chi connectivity index (χ1) is 11.7. The van der Waals surface area contributed by atoms with Gasteiger partial charge in [0, 0.05) is 0 Å². The molecule has 0 amide bonds. The summed E-state index contributed by atoms with van der Waals surface area (Å²) in [6.45, 7) is 5.78. The number of benzene rings is 1. The molecule has 2 nitrogen and oxygen atoms in total. The highest BCUT2D eigenvalue weighted by Gasteiger charge is 2.40. The molecule has 1 saturated heterocycles. The Kier molecular flexibility index (Phi) is 8.38. The van der Waals surface area contributed by atoms with E-state index in [4.69, 9.17) is 9.47 Å². The fourth-order valence-electron chi connectivity index (χ4n) is 2.86. The lowest BCUT2D eigenvalue weighted by atomic mass is 10.0. The summed E-state index contributed by atoms with van der Waals surface area (Å²) in [4.78, 5) is 0. The van der Waals surface area contributed by atoms with Crippen LogP contribution in [-0.4, -0.2) is 18.8 Å². The van der Waals surface area contributed by atoms with E-state index >= 15 is 0 Å². The number of aryl methyl sites for hydroxylation is 1. The average Bonchev–Trinajstić information content (AvgIpc) is 3.33. The predicted octanol–water partition coefficient (Wildman–Crippen LogP) is 6.09. The number of para-hydroxylation sites is 1. The van der Waals surface area contributed by atoms with Crippen LogP contribution in [0.2, 0.25) is 0 Å². The van der Waals surface area contributed by atoms with Crippen molar-refractivity contribution in [3.8, 4) is 5.75 Å². The van der Waals surface area contributed by atoms with Gasteiger partial charge in [0.25, 0.3) is 0 Å². The summed E-state index contributed by atoms with van der Waals surface area (Å²) in [5, 5.41) is 0. The van der Waals surface area contributed by atoms with Gasteiger partial charge in [-0.05, 0) is 50.7 Å². The summed E-state index contributed by atoms with van der Waals surface area (Å²) >= 11 is 0. The third-order valence-corrected chi connectivity index (χ3v) is 4.61. The van der Waals surface area contributed by atoms with Crippen molar-refractivity contribution in [2.24, 2.45) is 0 Å². The molecule has 0 spiro atoms. The van der Waals surface area contributed by atoms with Crippen LogP contribution in [0.15, 0.2) is 36.4 Å². The van der Waals surface area contributed by atoms with Gasteiger partial charge < -0.3 is 9.47 Å². The summed E-state index contributed by atoms with van der Waals surface area (Å²) in [5.41, 5.74) is 1.30. The number of hydrogen-bond donors (Lipinski definition) is 0. The van der Waals surface area contributed by atoms with Gasteiger partial charge >= 0.3 is 0 Å². The summed E-state index contributed by atoms with van der Waals surface area (Å²) < 4.78 is 11.4. The summed E-state index contributed by atoms with van der Waals surface area (Å²) in [5.74, 6) is 1.04. The SMILES string of the molecule is CC/C=C/CCCCCCCCc1ccccc1OCC1(C)CO1. The van der Waals surface area contributed by atoms with Crippen molar-refractivity contribution in [1.82, 2.24) is 0 Å². The normalized spacial score (nSPS) is 19.8. The molecule has 134 valence electrons. The molecule has 1 aromatic rings. The minimum atomic E-state index is -0.0422. The molecule has 1 heterocycles. The smallest absolute Gasteiger partial charge is 0.123 e. The lowest BCUT2D eigenvalue weighted by Crippen LogP contribution is -2.17. The maximum atomic E-state index is 5.97. The maximum absolute atomic E-state index is 5.97. The maximum Gasteiger partial charge on any atom is 0.123 e. The van der Waals surface area contributed by atoms with Crippen LogP contribution in [0.1, 0.15) is 70.8 Å². The van der Waals surface area contributed by atoms with E-state index in [0.717, 1.165) is 25.2 Å². The molecule has 0 aromatic heterocycles. The molecule has 1 aliphatic heterocycles. The Morgan fingerprint density at radius 1 is 1.04 bits per heavy atom. The Labute approximate surface area is 148 Å². The molecule has 2 heteroatoms. The standard InChI is InChI=1S/C22H34O2/c1-3-4-5-6-7-8-9-10-11-12-15-20-16-13-14-17-21(20)23-18-22(2)19-24-22/h4-5,13-14,16-17H,3,6-12,15,18-19H2,1-2H3/b5-4+. The van der Waals surface area contributed by atoms with Crippen LogP contribution in [0.4, 0.5) is 0 Å². The van der Waals surface area contributed by atoms with Crippen molar-refractivity contribution in [3.05, 3.63) is 42.0 Å². The summed E-state index contributed by atoms with van der Waals surface area (Å²) in [6.07, 6.45) is 16.1. The van der Waals surface area contributed by atoms with E-state index in [9.17, 15) is 0 Å². The van der Waals surface area contributed by atoms with Gasteiger partial charge in [0.05, 0.1) is 6.61 Å². The molecular weight excluding hydrogens is 296 g/mol. The van der Waals surface area contributed by atoms with E-state index in [1.165, 1.54) is 50.5 Å². The molecule has 1 fully saturated rings. The topological polar surface area (TPSA) is 21.8 Å². The first kappa shape index (κ1) is 19.1. The second-order valence-electron chi connectivity index (χ2n) is 7.17. The van der Waals surface area contributed by atoms with Crippen LogP contribution < -0.4 is 4.74 Å². The number of allylic oxidation sites excluding steroid dienone is 2. The zero-order chi connectivity index (χ0) is 17.1. The highest BCUT2D eigenvalue weighted by molar-refractivity contribution is 5.33. The second kappa shape index (κ2) is 10.6. The van der Waals surface area contributed by atoms with Gasteiger partial charge in [-0.3, -0.25) is 0 Å². The fourth-order valence-corrected chi connectivity index (χ4v) is 2.86. The van der Waals surface area contributed by atoms with Gasteiger partial charge in [-0.1, -0.05) is 63.0 Å². The lowest BCUT2D eigenvalue weighted by molar-refractivity contribution is 0.201. The largest absolute Gasteiger partial charge is 0.490 e. The Bertz CT molecular complexity index is 488. The van der Waals surface area contributed by atoms with Crippen LogP contribution in [-0.2, 0) is 11.2 Å². The van der Waals surface area contributed by atoms with E-state index in [2.05, 4.69) is 50.3 Å². The van der Waals surface area contributed by atoms with Crippen molar-refractivity contribution in [2.45, 2.75) is 77.2 Å². The molecule has 0 bridgehead atoms. The second-order valence-corrected chi connectivity index (χ2v) is 7.17. The van der Waals surface area contributed by atoms with Crippen LogP contribution in [0.25, 0.3) is 0 Å². The van der Waals surface area contributed by atoms with Crippen molar-refractivity contribution >= 4 is 0 Å². The molecule has 0 radical (unpaired) electrons. The zero-order valence-electron chi connectivity index (χ0n) is 15.6. The minimum Gasteiger partial charge on any atom is -0.490 e. The Morgan fingerprint density at radius 3 is 2.50 bits per heavy atom. The van der Waals surface area contributed by atoms with E-state index in [1.54, 1.807) is 0 Å². The Morgan fingerprint density at radius 2 is 1.75 bits per heavy atom. The van der Waals surface area contributed by atoms with Crippen LogP contribution in [0.3, 0.4) is 0 Å². The minimum absolute atomic E-state index is 0.0422. The number of epoxide rings is 1. The van der Waals surface area contributed by atoms with Gasteiger partial charge in [-0.2, -0.15) is 0 Å². The molecule has 1 atom stereocenters. The Hall–Kier alpha value is -1.28. The van der Waals surface area contributed by atoms with Crippen LogP contribution in [0, 0.1) is 0 Å². The van der Waals surface area contributed by atoms with E-state index in [1.807, 2.05) is 0 Å². The molecule has 1 unspecified atom stereocenters. The van der Waals surface area contributed by atoms with Gasteiger partial charge in [-0.25, -0.2) is 0 Å². The lowest BCUT2D eigenvalue weighted by Gasteiger charge is -2.13. The number of unbranched alkanes of at least 4 members (excludes halogenated alkanes) is 6. The van der Waals surface area contributed by atoms with Crippen LogP contribution >= 0.6 is 0 Å². The molecule has 0 saturated carbocycles. The van der Waals surface area contributed by atoms with Crippen molar-refractivity contribution < 1.29 is 9.47 Å². The highest BCUT2D eigenvalue weighted by Crippen LogP contribution is 2.28. The van der Waals surface area contributed by atoms with Crippen molar-refractivity contribution in [2.75, 3.05) is 13.2 Å². The molecule has 0 aliphatic carbocycles.